The maximum atomic E-state index is 11.0. The van der Waals surface area contributed by atoms with Gasteiger partial charge in [-0.25, -0.2) is 4.98 Å². The molecule has 0 fully saturated rings. The number of carbonyl (C=O) groups is 1. The summed E-state index contributed by atoms with van der Waals surface area (Å²) in [7, 11) is 1.45. The highest BCUT2D eigenvalue weighted by molar-refractivity contribution is 6.28. The molecule has 8 nitrogen and oxygen atoms in total. The average molecular weight is 260 g/mol. The molecule has 0 unspecified atom stereocenters. The van der Waals surface area contributed by atoms with E-state index in [0.29, 0.717) is 0 Å². The van der Waals surface area contributed by atoms with Crippen LogP contribution in [-0.2, 0) is 4.79 Å². The first-order valence-corrected chi connectivity index (χ1v) is 4.96. The second-order valence-electron chi connectivity index (χ2n) is 3.06. The van der Waals surface area contributed by atoms with E-state index in [1.54, 1.807) is 0 Å². The first-order valence-electron chi connectivity index (χ1n) is 4.58. The Morgan fingerprint density at radius 3 is 2.71 bits per heavy atom. The number of likely N-dealkylation sites (N-methyl/N-ethyl adjacent to an activating group) is 1. The van der Waals surface area contributed by atoms with Crippen molar-refractivity contribution >= 4 is 29.0 Å². The van der Waals surface area contributed by atoms with Crippen molar-refractivity contribution in [2.75, 3.05) is 18.9 Å². The fourth-order valence-corrected chi connectivity index (χ4v) is 1.34. The van der Waals surface area contributed by atoms with Crippen molar-refractivity contribution in [2.24, 2.45) is 0 Å². The van der Waals surface area contributed by atoms with E-state index in [4.69, 9.17) is 11.6 Å². The van der Waals surface area contributed by atoms with Crippen LogP contribution in [0.3, 0.4) is 0 Å². The largest absolute Gasteiger partial charge is 0.358 e. The number of anilines is 1. The van der Waals surface area contributed by atoms with E-state index in [1.165, 1.54) is 14.0 Å². The second-order valence-corrected chi connectivity index (χ2v) is 3.40. The summed E-state index contributed by atoms with van der Waals surface area (Å²) in [6.45, 7) is 1.31. The predicted molar refractivity (Wildman–Crippen MR) is 61.0 cm³/mol. The first kappa shape index (κ1) is 13.1. The molecule has 1 aromatic heterocycles. The van der Waals surface area contributed by atoms with Gasteiger partial charge in [-0.15, -0.1) is 0 Å². The van der Waals surface area contributed by atoms with E-state index in [9.17, 15) is 14.9 Å². The van der Waals surface area contributed by atoms with Crippen LogP contribution in [0.4, 0.5) is 11.5 Å². The third-order valence-electron chi connectivity index (χ3n) is 1.91. The maximum Gasteiger partial charge on any atom is 0.332 e. The summed E-state index contributed by atoms with van der Waals surface area (Å²) in [5.41, 5.74) is -0.160. The SMILES string of the molecule is CNC(=O)CNc1nc(Cl)nc(C)c1[N+](=O)[O-]. The molecule has 0 aliphatic heterocycles. The zero-order chi connectivity index (χ0) is 13.0. The Hall–Kier alpha value is -1.96. The molecule has 2 N–H and O–H groups in total. The summed E-state index contributed by atoms with van der Waals surface area (Å²) < 4.78 is 0. The molecule has 1 aromatic rings. The van der Waals surface area contributed by atoms with Crippen LogP contribution in [-0.4, -0.2) is 34.4 Å². The number of aryl methyl sites for hydroxylation is 1. The fraction of sp³-hybridized carbons (Fsp3) is 0.375. The minimum atomic E-state index is -0.627. The molecule has 0 aromatic carbocycles. The quantitative estimate of drug-likeness (QED) is 0.463. The predicted octanol–water partition coefficient (Wildman–Crippen LogP) is 0.505. The van der Waals surface area contributed by atoms with E-state index < -0.39 is 4.92 Å². The number of carbonyl (C=O) groups excluding carboxylic acids is 1. The third kappa shape index (κ3) is 3.25. The van der Waals surface area contributed by atoms with Crippen LogP contribution in [0.2, 0.25) is 5.28 Å². The lowest BCUT2D eigenvalue weighted by atomic mass is 10.3. The van der Waals surface area contributed by atoms with Gasteiger partial charge in [0.05, 0.1) is 11.5 Å². The normalized spacial score (nSPS) is 9.82. The fourth-order valence-electron chi connectivity index (χ4n) is 1.13. The molecule has 0 saturated carbocycles. The number of nitrogens with one attached hydrogen (secondary N) is 2. The number of hydrogen-bond donors (Lipinski definition) is 2. The number of hydrogen-bond acceptors (Lipinski definition) is 6. The van der Waals surface area contributed by atoms with Gasteiger partial charge in [-0.3, -0.25) is 14.9 Å². The van der Waals surface area contributed by atoms with Gasteiger partial charge in [-0.1, -0.05) is 0 Å². The Kier molecular flexibility index (Phi) is 4.16. The number of halogens is 1. The molecule has 9 heteroatoms. The Morgan fingerprint density at radius 2 is 2.18 bits per heavy atom. The van der Waals surface area contributed by atoms with Crippen molar-refractivity contribution in [3.63, 3.8) is 0 Å². The van der Waals surface area contributed by atoms with Gasteiger partial charge >= 0.3 is 5.69 Å². The van der Waals surface area contributed by atoms with Crippen LogP contribution >= 0.6 is 11.6 Å². The lowest BCUT2D eigenvalue weighted by Gasteiger charge is -2.06. The minimum Gasteiger partial charge on any atom is -0.358 e. The molecule has 92 valence electrons. The second kappa shape index (κ2) is 5.39. The van der Waals surface area contributed by atoms with Crippen molar-refractivity contribution in [3.05, 3.63) is 21.1 Å². The van der Waals surface area contributed by atoms with E-state index in [-0.39, 0.29) is 34.9 Å². The highest BCUT2D eigenvalue weighted by Crippen LogP contribution is 2.25. The van der Waals surface area contributed by atoms with Crippen LogP contribution in [0.25, 0.3) is 0 Å². The van der Waals surface area contributed by atoms with Gasteiger partial charge in [0.2, 0.25) is 17.0 Å². The van der Waals surface area contributed by atoms with E-state index >= 15 is 0 Å². The standard InChI is InChI=1S/C8H10ClN5O3/c1-4-6(14(16)17)7(13-8(9)12-4)11-3-5(15)10-2/h3H2,1-2H3,(H,10,15)(H,11,12,13). The number of amides is 1. The highest BCUT2D eigenvalue weighted by Gasteiger charge is 2.21. The molecule has 0 aliphatic rings. The molecule has 0 aliphatic carbocycles. The van der Waals surface area contributed by atoms with Crippen molar-refractivity contribution < 1.29 is 9.72 Å². The molecule has 0 spiro atoms. The molecule has 17 heavy (non-hydrogen) atoms. The van der Waals surface area contributed by atoms with E-state index in [0.717, 1.165) is 0 Å². The summed E-state index contributed by atoms with van der Waals surface area (Å²) in [6, 6.07) is 0. The summed E-state index contributed by atoms with van der Waals surface area (Å²) in [6.07, 6.45) is 0. The first-order chi connectivity index (χ1) is 7.95. The Labute approximate surface area is 102 Å². The van der Waals surface area contributed by atoms with Crippen LogP contribution in [0.5, 0.6) is 0 Å². The van der Waals surface area contributed by atoms with Gasteiger partial charge in [0.25, 0.3) is 0 Å². The molecule has 0 radical (unpaired) electrons. The van der Waals surface area contributed by atoms with Crippen LogP contribution < -0.4 is 10.6 Å². The number of aromatic nitrogens is 2. The van der Waals surface area contributed by atoms with Gasteiger partial charge in [-0.2, -0.15) is 4.98 Å². The Balaban J connectivity index is 3.04. The number of nitrogens with zero attached hydrogens (tertiary/aromatic N) is 3. The van der Waals surface area contributed by atoms with Crippen LogP contribution in [0.1, 0.15) is 5.69 Å². The number of rotatable bonds is 4. The molecule has 0 bridgehead atoms. The van der Waals surface area contributed by atoms with Gasteiger partial charge in [0, 0.05) is 7.05 Å². The van der Waals surface area contributed by atoms with Crippen molar-refractivity contribution in [2.45, 2.75) is 6.92 Å². The lowest BCUT2D eigenvalue weighted by molar-refractivity contribution is -0.385. The van der Waals surface area contributed by atoms with E-state index in [2.05, 4.69) is 20.6 Å². The van der Waals surface area contributed by atoms with Crippen LogP contribution in [0, 0.1) is 17.0 Å². The zero-order valence-electron chi connectivity index (χ0n) is 9.15. The monoisotopic (exact) mass is 259 g/mol. The van der Waals surface area contributed by atoms with Gasteiger partial charge in [0.15, 0.2) is 0 Å². The average Bonchev–Trinajstić information content (AvgIpc) is 2.24. The Morgan fingerprint density at radius 1 is 1.53 bits per heavy atom. The topological polar surface area (TPSA) is 110 Å². The van der Waals surface area contributed by atoms with Crippen molar-refractivity contribution in [1.82, 2.24) is 15.3 Å². The summed E-state index contributed by atoms with van der Waals surface area (Å²) >= 11 is 5.59. The Bertz CT molecular complexity index is 465. The summed E-state index contributed by atoms with van der Waals surface area (Å²) in [5.74, 6) is -0.400. The highest BCUT2D eigenvalue weighted by atomic mass is 35.5. The smallest absolute Gasteiger partial charge is 0.332 e. The van der Waals surface area contributed by atoms with Crippen molar-refractivity contribution in [1.29, 1.82) is 0 Å². The summed E-state index contributed by atoms with van der Waals surface area (Å²) in [5, 5.41) is 15.6. The molecule has 1 rings (SSSR count). The minimum absolute atomic E-state index is 0.0731. The van der Waals surface area contributed by atoms with Crippen LogP contribution in [0.15, 0.2) is 0 Å². The van der Waals surface area contributed by atoms with Gasteiger partial charge in [-0.05, 0) is 18.5 Å². The van der Waals surface area contributed by atoms with Crippen molar-refractivity contribution in [3.8, 4) is 0 Å². The zero-order valence-corrected chi connectivity index (χ0v) is 9.91. The van der Waals surface area contributed by atoms with Gasteiger partial charge < -0.3 is 10.6 Å². The molecular weight excluding hydrogens is 250 g/mol. The van der Waals surface area contributed by atoms with E-state index in [1.807, 2.05) is 0 Å². The maximum absolute atomic E-state index is 11.0. The molecule has 1 amide bonds. The number of nitro groups is 1. The molecular formula is C8H10ClN5O3. The molecule has 0 atom stereocenters. The summed E-state index contributed by atoms with van der Waals surface area (Å²) in [4.78, 5) is 28.6. The molecule has 1 heterocycles. The third-order valence-corrected chi connectivity index (χ3v) is 2.08. The molecule has 0 saturated heterocycles. The lowest BCUT2D eigenvalue weighted by Crippen LogP contribution is -2.26. The van der Waals surface area contributed by atoms with Gasteiger partial charge in [0.1, 0.15) is 5.69 Å².